The number of carbonyl (C=O) groups is 3. The third kappa shape index (κ3) is 4.90. The average molecular weight is 361 g/mol. The molecular formula is C16H15N3O7. The number of nitro groups is 1. The van der Waals surface area contributed by atoms with Gasteiger partial charge < -0.3 is 19.8 Å². The fourth-order valence-corrected chi connectivity index (χ4v) is 1.89. The van der Waals surface area contributed by atoms with E-state index in [1.54, 1.807) is 24.3 Å². The first-order valence-electron chi connectivity index (χ1n) is 7.40. The summed E-state index contributed by atoms with van der Waals surface area (Å²) >= 11 is 0. The van der Waals surface area contributed by atoms with Gasteiger partial charge in [-0.05, 0) is 37.3 Å². The van der Waals surface area contributed by atoms with Gasteiger partial charge in [-0.2, -0.15) is 0 Å². The van der Waals surface area contributed by atoms with Gasteiger partial charge in [0.25, 0.3) is 5.91 Å². The maximum atomic E-state index is 12.1. The molecule has 2 amide bonds. The molecule has 0 saturated heterocycles. The Morgan fingerprint density at radius 3 is 2.15 bits per heavy atom. The van der Waals surface area contributed by atoms with Crippen LogP contribution in [0.15, 0.2) is 40.8 Å². The Labute approximate surface area is 147 Å². The summed E-state index contributed by atoms with van der Waals surface area (Å²) in [7, 11) is 0. The highest BCUT2D eigenvalue weighted by atomic mass is 16.7. The maximum absolute atomic E-state index is 12.1. The summed E-state index contributed by atoms with van der Waals surface area (Å²) in [4.78, 5) is 44.6. The maximum Gasteiger partial charge on any atom is 0.433 e. The average Bonchev–Trinajstić information content (AvgIpc) is 3.06. The molecule has 0 spiro atoms. The van der Waals surface area contributed by atoms with Crippen LogP contribution in [0.2, 0.25) is 0 Å². The zero-order valence-corrected chi connectivity index (χ0v) is 13.8. The van der Waals surface area contributed by atoms with Gasteiger partial charge >= 0.3 is 11.9 Å². The second-order valence-corrected chi connectivity index (χ2v) is 5.19. The summed E-state index contributed by atoms with van der Waals surface area (Å²) in [6.07, 6.45) is -1.17. The van der Waals surface area contributed by atoms with Crippen LogP contribution in [0.5, 0.6) is 0 Å². The lowest BCUT2D eigenvalue weighted by Crippen LogP contribution is -2.29. The molecule has 10 heteroatoms. The van der Waals surface area contributed by atoms with E-state index in [1.807, 2.05) is 0 Å². The first-order valence-corrected chi connectivity index (χ1v) is 7.40. The van der Waals surface area contributed by atoms with Gasteiger partial charge in [0, 0.05) is 18.3 Å². The number of nitrogens with zero attached hydrogens (tertiary/aromatic N) is 1. The molecule has 136 valence electrons. The molecule has 0 aliphatic rings. The molecule has 1 aromatic heterocycles. The Morgan fingerprint density at radius 2 is 1.65 bits per heavy atom. The number of esters is 1. The van der Waals surface area contributed by atoms with Gasteiger partial charge in [-0.1, -0.05) is 0 Å². The molecule has 0 unspecified atom stereocenters. The van der Waals surface area contributed by atoms with Crippen LogP contribution < -0.4 is 10.6 Å². The minimum atomic E-state index is -1.17. The van der Waals surface area contributed by atoms with Crippen molar-refractivity contribution in [1.29, 1.82) is 0 Å². The van der Waals surface area contributed by atoms with Gasteiger partial charge in [0.1, 0.15) is 4.92 Å². The van der Waals surface area contributed by atoms with Gasteiger partial charge in [-0.25, -0.2) is 4.79 Å². The molecule has 0 saturated carbocycles. The standard InChI is InChI=1S/C16H15N3O7/c1-9(25-16(22)13-7-8-14(26-13)19(23)24)15(21)18-12-5-3-11(4-6-12)17-10(2)20/h3-9H,1-2H3,(H,17,20)(H,18,21)/t9-/m1/s1. The Hall–Kier alpha value is -3.69. The lowest BCUT2D eigenvalue weighted by molar-refractivity contribution is -0.402. The number of rotatable bonds is 6. The number of anilines is 2. The van der Waals surface area contributed by atoms with Crippen molar-refractivity contribution in [3.05, 3.63) is 52.3 Å². The quantitative estimate of drug-likeness (QED) is 0.457. The van der Waals surface area contributed by atoms with E-state index in [4.69, 9.17) is 9.15 Å². The highest BCUT2D eigenvalue weighted by Crippen LogP contribution is 2.18. The zero-order chi connectivity index (χ0) is 19.3. The van der Waals surface area contributed by atoms with Gasteiger partial charge in [0.05, 0.1) is 6.07 Å². The predicted molar refractivity (Wildman–Crippen MR) is 89.6 cm³/mol. The monoisotopic (exact) mass is 361 g/mol. The minimum Gasteiger partial charge on any atom is -0.447 e. The molecule has 10 nitrogen and oxygen atoms in total. The topological polar surface area (TPSA) is 141 Å². The number of amides is 2. The summed E-state index contributed by atoms with van der Waals surface area (Å²) in [5.41, 5.74) is 0.995. The van der Waals surface area contributed by atoms with E-state index < -0.39 is 28.8 Å². The summed E-state index contributed by atoms with van der Waals surface area (Å²) in [5, 5.41) is 15.6. The Balaban J connectivity index is 1.93. The zero-order valence-electron chi connectivity index (χ0n) is 13.8. The van der Waals surface area contributed by atoms with E-state index >= 15 is 0 Å². The van der Waals surface area contributed by atoms with Crippen molar-refractivity contribution in [2.24, 2.45) is 0 Å². The summed E-state index contributed by atoms with van der Waals surface area (Å²) in [6.45, 7) is 2.72. The van der Waals surface area contributed by atoms with Crippen molar-refractivity contribution in [2.75, 3.05) is 10.6 Å². The van der Waals surface area contributed by atoms with Crippen LogP contribution in [-0.2, 0) is 14.3 Å². The molecule has 2 rings (SSSR count). The molecule has 26 heavy (non-hydrogen) atoms. The highest BCUT2D eigenvalue weighted by molar-refractivity contribution is 5.97. The molecule has 2 aromatic rings. The molecule has 1 atom stereocenters. The Kier molecular flexibility index (Phi) is 5.68. The van der Waals surface area contributed by atoms with Crippen LogP contribution in [0.1, 0.15) is 24.4 Å². The number of hydrogen-bond acceptors (Lipinski definition) is 7. The largest absolute Gasteiger partial charge is 0.447 e. The van der Waals surface area contributed by atoms with E-state index in [9.17, 15) is 24.5 Å². The Bertz CT molecular complexity index is 842. The molecule has 0 bridgehead atoms. The van der Waals surface area contributed by atoms with E-state index in [0.29, 0.717) is 11.4 Å². The lowest BCUT2D eigenvalue weighted by Gasteiger charge is -2.13. The van der Waals surface area contributed by atoms with Crippen molar-refractivity contribution < 1.29 is 28.5 Å². The van der Waals surface area contributed by atoms with Crippen molar-refractivity contribution in [1.82, 2.24) is 0 Å². The van der Waals surface area contributed by atoms with Crippen LogP contribution >= 0.6 is 0 Å². The van der Waals surface area contributed by atoms with Crippen LogP contribution in [0, 0.1) is 10.1 Å². The number of carbonyl (C=O) groups excluding carboxylic acids is 3. The smallest absolute Gasteiger partial charge is 0.433 e. The third-order valence-corrected chi connectivity index (χ3v) is 3.10. The van der Waals surface area contributed by atoms with E-state index in [-0.39, 0.29) is 11.7 Å². The molecule has 0 aliphatic heterocycles. The lowest BCUT2D eigenvalue weighted by atomic mass is 10.2. The van der Waals surface area contributed by atoms with Crippen molar-refractivity contribution >= 4 is 35.0 Å². The molecule has 0 aliphatic carbocycles. The van der Waals surface area contributed by atoms with Gasteiger partial charge in [-0.15, -0.1) is 0 Å². The highest BCUT2D eigenvalue weighted by Gasteiger charge is 2.23. The second kappa shape index (κ2) is 7.92. The molecule has 0 radical (unpaired) electrons. The third-order valence-electron chi connectivity index (χ3n) is 3.10. The van der Waals surface area contributed by atoms with E-state index in [0.717, 1.165) is 12.1 Å². The fraction of sp³-hybridized carbons (Fsp3) is 0.188. The fourth-order valence-electron chi connectivity index (χ4n) is 1.89. The van der Waals surface area contributed by atoms with Crippen LogP contribution in [0.4, 0.5) is 17.3 Å². The Morgan fingerprint density at radius 1 is 1.08 bits per heavy atom. The van der Waals surface area contributed by atoms with E-state index in [2.05, 4.69) is 10.6 Å². The van der Waals surface area contributed by atoms with Crippen molar-refractivity contribution in [2.45, 2.75) is 20.0 Å². The van der Waals surface area contributed by atoms with Crippen LogP contribution in [-0.4, -0.2) is 28.8 Å². The van der Waals surface area contributed by atoms with Crippen molar-refractivity contribution in [3.8, 4) is 0 Å². The number of nitrogens with one attached hydrogen (secondary N) is 2. The minimum absolute atomic E-state index is 0.222. The normalized spacial score (nSPS) is 11.3. The van der Waals surface area contributed by atoms with Gasteiger partial charge in [0.2, 0.25) is 11.7 Å². The number of benzene rings is 1. The van der Waals surface area contributed by atoms with Crippen LogP contribution in [0.25, 0.3) is 0 Å². The predicted octanol–water partition coefficient (Wildman–Crippen LogP) is 2.33. The van der Waals surface area contributed by atoms with Gasteiger partial charge in [-0.3, -0.25) is 19.7 Å². The molecule has 2 N–H and O–H groups in total. The number of hydrogen-bond donors (Lipinski definition) is 2. The molecule has 1 heterocycles. The first-order chi connectivity index (χ1) is 12.3. The second-order valence-electron chi connectivity index (χ2n) is 5.19. The summed E-state index contributed by atoms with van der Waals surface area (Å²) < 4.78 is 9.63. The molecular weight excluding hydrogens is 346 g/mol. The molecule has 0 fully saturated rings. The van der Waals surface area contributed by atoms with Crippen LogP contribution in [0.3, 0.4) is 0 Å². The summed E-state index contributed by atoms with van der Waals surface area (Å²) in [6, 6.07) is 8.41. The summed E-state index contributed by atoms with van der Waals surface area (Å²) in [5.74, 6) is -2.81. The number of furan rings is 1. The SMILES string of the molecule is CC(=O)Nc1ccc(NC(=O)[C@@H](C)OC(=O)c2ccc([N+](=O)[O-])o2)cc1. The van der Waals surface area contributed by atoms with E-state index in [1.165, 1.54) is 13.8 Å². The van der Waals surface area contributed by atoms with Crippen molar-refractivity contribution in [3.63, 3.8) is 0 Å². The van der Waals surface area contributed by atoms with Gasteiger partial charge in [0.15, 0.2) is 6.10 Å². The molecule has 1 aromatic carbocycles. The number of ether oxygens (including phenoxy) is 1. The first kappa shape index (κ1) is 18.6.